The topological polar surface area (TPSA) is 126 Å². The minimum Gasteiger partial charge on any atom is -0.456 e. The van der Waals surface area contributed by atoms with Gasteiger partial charge in [0.1, 0.15) is 28.9 Å². The Hall–Kier alpha value is -4.75. The van der Waals surface area contributed by atoms with E-state index < -0.39 is 0 Å². The molecule has 1 fully saturated rings. The molecular formula is C26H23N9O. The molecule has 4 N–H and O–H groups in total. The van der Waals surface area contributed by atoms with Crippen LogP contribution < -0.4 is 20.7 Å². The lowest BCUT2D eigenvalue weighted by Gasteiger charge is -2.23. The minimum absolute atomic E-state index is 0.337. The zero-order valence-corrected chi connectivity index (χ0v) is 19.3. The molecule has 0 unspecified atom stereocenters. The van der Waals surface area contributed by atoms with Crippen LogP contribution in [-0.2, 0) is 0 Å². The fraction of sp³-hybridized carbons (Fsp3) is 0.192. The van der Waals surface area contributed by atoms with Crippen molar-refractivity contribution in [2.45, 2.75) is 18.9 Å². The van der Waals surface area contributed by atoms with Gasteiger partial charge in [-0.05, 0) is 56.3 Å². The largest absolute Gasteiger partial charge is 0.456 e. The first kappa shape index (κ1) is 21.8. The molecule has 0 amide bonds. The Morgan fingerprint density at radius 3 is 2.81 bits per heavy atom. The van der Waals surface area contributed by atoms with Crippen molar-refractivity contribution in [3.05, 3.63) is 60.8 Å². The summed E-state index contributed by atoms with van der Waals surface area (Å²) in [6.07, 6.45) is 12.7. The molecule has 0 saturated carbocycles. The molecule has 0 aliphatic carbocycles. The molecule has 4 heterocycles. The first-order chi connectivity index (χ1) is 17.7. The fourth-order valence-electron chi connectivity index (χ4n) is 4.21. The van der Waals surface area contributed by atoms with Crippen LogP contribution in [0, 0.1) is 12.3 Å². The van der Waals surface area contributed by atoms with Gasteiger partial charge in [0.25, 0.3) is 0 Å². The van der Waals surface area contributed by atoms with Crippen molar-refractivity contribution in [1.29, 1.82) is 0 Å². The number of H-pyrrole nitrogens is 1. The van der Waals surface area contributed by atoms with Crippen molar-refractivity contribution in [3.63, 3.8) is 0 Å². The molecule has 2 aromatic carbocycles. The van der Waals surface area contributed by atoms with E-state index in [1.807, 2.05) is 36.4 Å². The highest BCUT2D eigenvalue weighted by Gasteiger charge is 2.15. The Morgan fingerprint density at radius 1 is 1.00 bits per heavy atom. The summed E-state index contributed by atoms with van der Waals surface area (Å²) in [5.41, 5.74) is 4.38. The van der Waals surface area contributed by atoms with Crippen LogP contribution in [0.15, 0.2) is 55.2 Å². The summed E-state index contributed by atoms with van der Waals surface area (Å²) in [6, 6.07) is 11.5. The summed E-state index contributed by atoms with van der Waals surface area (Å²) < 4.78 is 6.06. The molecule has 0 radical (unpaired) electrons. The van der Waals surface area contributed by atoms with Crippen LogP contribution in [-0.4, -0.2) is 49.0 Å². The zero-order chi connectivity index (χ0) is 24.3. The van der Waals surface area contributed by atoms with E-state index in [0.29, 0.717) is 45.9 Å². The Labute approximate surface area is 207 Å². The van der Waals surface area contributed by atoms with Gasteiger partial charge < -0.3 is 25.7 Å². The molecule has 3 aromatic heterocycles. The van der Waals surface area contributed by atoms with Crippen LogP contribution >= 0.6 is 0 Å². The predicted molar refractivity (Wildman–Crippen MR) is 138 cm³/mol. The molecule has 1 saturated heterocycles. The smallest absolute Gasteiger partial charge is 0.223 e. The van der Waals surface area contributed by atoms with Gasteiger partial charge in [-0.15, -0.1) is 6.42 Å². The predicted octanol–water partition coefficient (Wildman–Crippen LogP) is 3.98. The lowest BCUT2D eigenvalue weighted by Crippen LogP contribution is -2.35. The highest BCUT2D eigenvalue weighted by molar-refractivity contribution is 5.87. The van der Waals surface area contributed by atoms with Crippen molar-refractivity contribution in [1.82, 2.24) is 35.2 Å². The van der Waals surface area contributed by atoms with Crippen LogP contribution in [0.25, 0.3) is 22.1 Å². The van der Waals surface area contributed by atoms with Gasteiger partial charge in [-0.25, -0.2) is 24.9 Å². The van der Waals surface area contributed by atoms with Gasteiger partial charge >= 0.3 is 0 Å². The molecule has 5 aromatic rings. The summed E-state index contributed by atoms with van der Waals surface area (Å²) in [6.45, 7) is 1.96. The van der Waals surface area contributed by atoms with E-state index in [1.165, 1.54) is 6.33 Å². The second kappa shape index (κ2) is 9.48. The second-order valence-electron chi connectivity index (χ2n) is 8.48. The molecule has 1 aliphatic rings. The first-order valence-electron chi connectivity index (χ1n) is 11.7. The summed E-state index contributed by atoms with van der Waals surface area (Å²) in [4.78, 5) is 25.2. The maximum absolute atomic E-state index is 6.06. The zero-order valence-electron chi connectivity index (χ0n) is 19.3. The summed E-state index contributed by atoms with van der Waals surface area (Å²) in [5.74, 6) is 5.06. The fourth-order valence-corrected chi connectivity index (χ4v) is 4.21. The summed E-state index contributed by atoms with van der Waals surface area (Å²) >= 11 is 0. The first-order valence-corrected chi connectivity index (χ1v) is 11.7. The van der Waals surface area contributed by atoms with E-state index in [0.717, 1.165) is 42.7 Å². The number of hydrogen-bond donors (Lipinski definition) is 4. The monoisotopic (exact) mass is 477 g/mol. The third-order valence-electron chi connectivity index (χ3n) is 6.07. The third-order valence-corrected chi connectivity index (χ3v) is 6.07. The standard InChI is InChI=1S/C26H23N9O/c1-2-16-11-18(3-6-23(16)36-19-4-5-20-21(12-19)30-14-29-20)33-25-24-22(31-15-32-25)13-28-26(35-24)34-17-7-9-27-10-8-17/h1,3-6,11-15,17,27H,7-10H2,(H,29,30)(H,28,34,35)(H,31,32,33). The Kier molecular flexibility index (Phi) is 5.73. The molecule has 36 heavy (non-hydrogen) atoms. The number of piperidine rings is 1. The number of rotatable bonds is 6. The van der Waals surface area contributed by atoms with Crippen molar-refractivity contribution in [2.75, 3.05) is 23.7 Å². The summed E-state index contributed by atoms with van der Waals surface area (Å²) in [5, 5.41) is 10.1. The molecule has 178 valence electrons. The van der Waals surface area contributed by atoms with Gasteiger partial charge in [0.15, 0.2) is 5.82 Å². The van der Waals surface area contributed by atoms with Crippen LogP contribution in [0.3, 0.4) is 0 Å². The van der Waals surface area contributed by atoms with E-state index in [1.54, 1.807) is 12.5 Å². The van der Waals surface area contributed by atoms with Gasteiger partial charge in [0, 0.05) is 17.8 Å². The average Bonchev–Trinajstić information content (AvgIpc) is 3.38. The maximum Gasteiger partial charge on any atom is 0.223 e. The lowest BCUT2D eigenvalue weighted by molar-refractivity contribution is 0.477. The van der Waals surface area contributed by atoms with Gasteiger partial charge in [0.05, 0.1) is 29.1 Å². The average molecular weight is 478 g/mol. The summed E-state index contributed by atoms with van der Waals surface area (Å²) in [7, 11) is 0. The van der Waals surface area contributed by atoms with Crippen LogP contribution in [0.1, 0.15) is 18.4 Å². The van der Waals surface area contributed by atoms with Gasteiger partial charge in [-0.2, -0.15) is 0 Å². The molecule has 6 rings (SSSR count). The maximum atomic E-state index is 6.06. The van der Waals surface area contributed by atoms with Gasteiger partial charge in [-0.3, -0.25) is 0 Å². The Balaban J connectivity index is 1.25. The van der Waals surface area contributed by atoms with E-state index in [9.17, 15) is 0 Å². The molecular weight excluding hydrogens is 454 g/mol. The Morgan fingerprint density at radius 2 is 1.92 bits per heavy atom. The highest BCUT2D eigenvalue weighted by atomic mass is 16.5. The third kappa shape index (κ3) is 4.47. The van der Waals surface area contributed by atoms with Crippen molar-refractivity contribution in [2.24, 2.45) is 0 Å². The molecule has 1 aliphatic heterocycles. The number of nitrogens with one attached hydrogen (secondary N) is 4. The quantitative estimate of drug-likeness (QED) is 0.269. The number of imidazole rings is 1. The Bertz CT molecular complexity index is 1580. The van der Waals surface area contributed by atoms with E-state index in [-0.39, 0.29) is 0 Å². The van der Waals surface area contributed by atoms with Crippen molar-refractivity contribution >= 4 is 39.5 Å². The van der Waals surface area contributed by atoms with E-state index in [2.05, 4.69) is 46.8 Å². The SMILES string of the molecule is C#Cc1cc(Nc2ncnc3cnc(NC4CCNCC4)nc23)ccc1Oc1ccc2[nH]cnc2c1. The number of hydrogen-bond acceptors (Lipinski definition) is 9. The molecule has 10 nitrogen and oxygen atoms in total. The molecule has 10 heteroatoms. The number of ether oxygens (including phenoxy) is 1. The lowest BCUT2D eigenvalue weighted by atomic mass is 10.1. The van der Waals surface area contributed by atoms with Gasteiger partial charge in [0.2, 0.25) is 5.95 Å². The minimum atomic E-state index is 0.337. The van der Waals surface area contributed by atoms with Crippen LogP contribution in [0.4, 0.5) is 17.5 Å². The van der Waals surface area contributed by atoms with E-state index in [4.69, 9.17) is 16.1 Å². The number of aromatic amines is 1. The second-order valence-corrected chi connectivity index (χ2v) is 8.48. The van der Waals surface area contributed by atoms with Gasteiger partial charge in [-0.1, -0.05) is 5.92 Å². The normalized spacial score (nSPS) is 14.0. The van der Waals surface area contributed by atoms with Crippen LogP contribution in [0.2, 0.25) is 0 Å². The molecule has 0 atom stereocenters. The number of nitrogens with zero attached hydrogens (tertiary/aromatic N) is 5. The van der Waals surface area contributed by atoms with Crippen molar-refractivity contribution < 1.29 is 4.74 Å². The van der Waals surface area contributed by atoms with Crippen molar-refractivity contribution in [3.8, 4) is 23.8 Å². The number of terminal acetylenes is 1. The number of fused-ring (bicyclic) bond motifs is 2. The highest BCUT2D eigenvalue weighted by Crippen LogP contribution is 2.30. The molecule has 0 spiro atoms. The van der Waals surface area contributed by atoms with E-state index >= 15 is 0 Å². The number of benzene rings is 2. The number of anilines is 3. The number of aromatic nitrogens is 6. The van der Waals surface area contributed by atoms with Crippen LogP contribution in [0.5, 0.6) is 11.5 Å². The molecule has 0 bridgehead atoms.